The molecule has 0 amide bonds. The van der Waals surface area contributed by atoms with Gasteiger partial charge in [-0.3, -0.25) is 10.4 Å². The summed E-state index contributed by atoms with van der Waals surface area (Å²) < 4.78 is 0. The number of hydroxylamine groups is 1. The molecule has 2 unspecified atom stereocenters. The predicted octanol–water partition coefficient (Wildman–Crippen LogP) is -0.306. The summed E-state index contributed by atoms with van der Waals surface area (Å²) in [5.41, 5.74) is 5.17. The number of pyridine rings is 1. The standard InChI is InChI=1S/C10H12N4O2/c1-10(14-16)8(6-15)12-13-9(10)7-3-2-4-11-5-7/h2-6,8,12,14,16H,1H3. The fourth-order valence-corrected chi connectivity index (χ4v) is 1.68. The second-order valence-electron chi connectivity index (χ2n) is 3.76. The fourth-order valence-electron chi connectivity index (χ4n) is 1.68. The molecule has 1 aliphatic heterocycles. The van der Waals surface area contributed by atoms with Gasteiger partial charge in [-0.15, -0.1) is 0 Å². The van der Waals surface area contributed by atoms with Gasteiger partial charge in [0.1, 0.15) is 17.9 Å². The SMILES string of the molecule is CC1(NO)C(c2cccnc2)=NNC1C=O. The molecule has 2 heterocycles. The maximum absolute atomic E-state index is 10.9. The van der Waals surface area contributed by atoms with Crippen LogP contribution in [-0.2, 0) is 4.79 Å². The van der Waals surface area contributed by atoms with Crippen LogP contribution in [0, 0.1) is 0 Å². The number of hydrazone groups is 1. The van der Waals surface area contributed by atoms with Gasteiger partial charge in [-0.05, 0) is 19.1 Å². The minimum absolute atomic E-state index is 0.556. The van der Waals surface area contributed by atoms with Gasteiger partial charge in [0.2, 0.25) is 0 Å². The van der Waals surface area contributed by atoms with E-state index in [0.29, 0.717) is 12.0 Å². The van der Waals surface area contributed by atoms with Gasteiger partial charge < -0.3 is 10.0 Å². The average molecular weight is 220 g/mol. The minimum atomic E-state index is -0.940. The monoisotopic (exact) mass is 220 g/mol. The molecule has 1 aliphatic rings. The van der Waals surface area contributed by atoms with Crippen molar-refractivity contribution in [2.75, 3.05) is 0 Å². The van der Waals surface area contributed by atoms with Gasteiger partial charge in [0.15, 0.2) is 0 Å². The smallest absolute Gasteiger partial charge is 0.146 e. The lowest BCUT2D eigenvalue weighted by Gasteiger charge is -2.26. The molecule has 84 valence electrons. The first-order valence-electron chi connectivity index (χ1n) is 4.83. The molecule has 2 rings (SSSR count). The van der Waals surface area contributed by atoms with Crippen LogP contribution in [0.2, 0.25) is 0 Å². The topological polar surface area (TPSA) is 86.6 Å². The van der Waals surface area contributed by atoms with Crippen molar-refractivity contribution in [3.05, 3.63) is 30.1 Å². The van der Waals surface area contributed by atoms with Crippen molar-refractivity contribution in [3.8, 4) is 0 Å². The van der Waals surface area contributed by atoms with E-state index in [0.717, 1.165) is 5.56 Å². The van der Waals surface area contributed by atoms with Crippen LogP contribution in [0.3, 0.4) is 0 Å². The van der Waals surface area contributed by atoms with Crippen molar-refractivity contribution in [2.45, 2.75) is 18.5 Å². The van der Waals surface area contributed by atoms with Gasteiger partial charge in [0, 0.05) is 18.0 Å². The summed E-state index contributed by atoms with van der Waals surface area (Å²) in [7, 11) is 0. The number of carbonyl (C=O) groups excluding carboxylic acids is 1. The molecular formula is C10H12N4O2. The zero-order valence-electron chi connectivity index (χ0n) is 8.71. The summed E-state index contributed by atoms with van der Waals surface area (Å²) >= 11 is 0. The summed E-state index contributed by atoms with van der Waals surface area (Å²) in [6, 6.07) is 2.98. The van der Waals surface area contributed by atoms with Crippen LogP contribution in [0.25, 0.3) is 0 Å². The highest BCUT2D eigenvalue weighted by Crippen LogP contribution is 2.21. The Kier molecular flexibility index (Phi) is 2.67. The van der Waals surface area contributed by atoms with E-state index >= 15 is 0 Å². The Morgan fingerprint density at radius 2 is 2.50 bits per heavy atom. The highest BCUT2D eigenvalue weighted by molar-refractivity contribution is 6.10. The number of hydrogen-bond acceptors (Lipinski definition) is 6. The molecule has 0 aromatic carbocycles. The predicted molar refractivity (Wildman–Crippen MR) is 57.1 cm³/mol. The number of nitrogens with zero attached hydrogens (tertiary/aromatic N) is 2. The van der Waals surface area contributed by atoms with Crippen LogP contribution in [-0.4, -0.2) is 33.8 Å². The van der Waals surface area contributed by atoms with E-state index in [1.165, 1.54) is 0 Å². The number of nitrogens with one attached hydrogen (secondary N) is 2. The van der Waals surface area contributed by atoms with E-state index in [9.17, 15) is 10.0 Å². The Morgan fingerprint density at radius 1 is 1.69 bits per heavy atom. The Balaban J connectivity index is 2.40. The summed E-state index contributed by atoms with van der Waals surface area (Å²) in [6.07, 6.45) is 3.98. The Bertz CT molecular complexity index is 420. The fraction of sp³-hybridized carbons (Fsp3) is 0.300. The Morgan fingerprint density at radius 3 is 3.06 bits per heavy atom. The third-order valence-electron chi connectivity index (χ3n) is 2.73. The van der Waals surface area contributed by atoms with Crippen molar-refractivity contribution < 1.29 is 10.0 Å². The van der Waals surface area contributed by atoms with Crippen LogP contribution in [0.5, 0.6) is 0 Å². The van der Waals surface area contributed by atoms with Crippen LogP contribution < -0.4 is 10.9 Å². The Labute approximate surface area is 92.3 Å². The van der Waals surface area contributed by atoms with E-state index in [-0.39, 0.29) is 0 Å². The number of rotatable bonds is 3. The lowest BCUT2D eigenvalue weighted by atomic mass is 9.87. The maximum Gasteiger partial charge on any atom is 0.146 e. The van der Waals surface area contributed by atoms with Crippen LogP contribution in [0.15, 0.2) is 29.6 Å². The van der Waals surface area contributed by atoms with Gasteiger partial charge in [-0.2, -0.15) is 10.6 Å². The molecule has 6 nitrogen and oxygen atoms in total. The van der Waals surface area contributed by atoms with Crippen molar-refractivity contribution in [1.82, 2.24) is 15.9 Å². The minimum Gasteiger partial charge on any atom is -0.316 e. The zero-order chi connectivity index (χ0) is 11.6. The summed E-state index contributed by atoms with van der Waals surface area (Å²) in [4.78, 5) is 14.8. The first kappa shape index (κ1) is 10.7. The first-order valence-corrected chi connectivity index (χ1v) is 4.83. The van der Waals surface area contributed by atoms with E-state index in [2.05, 4.69) is 21.0 Å². The molecule has 3 N–H and O–H groups in total. The van der Waals surface area contributed by atoms with Gasteiger partial charge in [0.25, 0.3) is 0 Å². The van der Waals surface area contributed by atoms with Gasteiger partial charge in [-0.25, -0.2) is 0 Å². The van der Waals surface area contributed by atoms with Crippen molar-refractivity contribution >= 4 is 12.0 Å². The highest BCUT2D eigenvalue weighted by atomic mass is 16.5. The van der Waals surface area contributed by atoms with E-state index < -0.39 is 11.6 Å². The van der Waals surface area contributed by atoms with E-state index in [4.69, 9.17) is 0 Å². The lowest BCUT2D eigenvalue weighted by Crippen LogP contribution is -2.57. The summed E-state index contributed by atoms with van der Waals surface area (Å²) in [5, 5.41) is 13.3. The number of carbonyl (C=O) groups is 1. The molecule has 0 saturated carbocycles. The van der Waals surface area contributed by atoms with Crippen LogP contribution in [0.1, 0.15) is 12.5 Å². The molecule has 16 heavy (non-hydrogen) atoms. The molecule has 1 aromatic rings. The van der Waals surface area contributed by atoms with Crippen molar-refractivity contribution in [1.29, 1.82) is 0 Å². The number of hydrogen-bond donors (Lipinski definition) is 3. The average Bonchev–Trinajstić information content (AvgIpc) is 2.68. The number of aromatic nitrogens is 1. The molecule has 0 radical (unpaired) electrons. The molecule has 0 bridgehead atoms. The summed E-state index contributed by atoms with van der Waals surface area (Å²) in [5.74, 6) is 0. The molecule has 0 aliphatic carbocycles. The molecule has 0 fully saturated rings. The second kappa shape index (κ2) is 3.99. The van der Waals surface area contributed by atoms with Crippen molar-refractivity contribution in [2.24, 2.45) is 5.10 Å². The van der Waals surface area contributed by atoms with Gasteiger partial charge in [0.05, 0.1) is 5.71 Å². The molecule has 0 spiro atoms. The number of aldehydes is 1. The van der Waals surface area contributed by atoms with E-state index in [1.54, 1.807) is 25.4 Å². The second-order valence-corrected chi connectivity index (χ2v) is 3.76. The van der Waals surface area contributed by atoms with Crippen molar-refractivity contribution in [3.63, 3.8) is 0 Å². The highest BCUT2D eigenvalue weighted by Gasteiger charge is 2.44. The van der Waals surface area contributed by atoms with Crippen LogP contribution in [0.4, 0.5) is 0 Å². The lowest BCUT2D eigenvalue weighted by molar-refractivity contribution is -0.111. The third kappa shape index (κ3) is 1.48. The molecule has 6 heteroatoms. The Hall–Kier alpha value is -1.79. The first-order chi connectivity index (χ1) is 7.72. The van der Waals surface area contributed by atoms with E-state index in [1.807, 2.05) is 6.07 Å². The quantitative estimate of drug-likeness (QED) is 0.480. The zero-order valence-corrected chi connectivity index (χ0v) is 8.71. The molecule has 0 saturated heterocycles. The molecule has 1 aromatic heterocycles. The van der Waals surface area contributed by atoms with Gasteiger partial charge >= 0.3 is 0 Å². The largest absolute Gasteiger partial charge is 0.316 e. The third-order valence-corrected chi connectivity index (χ3v) is 2.73. The normalized spacial score (nSPS) is 28.4. The molecule has 2 atom stereocenters. The van der Waals surface area contributed by atoms with Crippen LogP contribution >= 0.6 is 0 Å². The summed E-state index contributed by atoms with van der Waals surface area (Å²) in [6.45, 7) is 1.69. The molecular weight excluding hydrogens is 208 g/mol. The van der Waals surface area contributed by atoms with Gasteiger partial charge in [-0.1, -0.05) is 0 Å². The maximum atomic E-state index is 10.9.